The summed E-state index contributed by atoms with van der Waals surface area (Å²) in [7, 11) is 0. The molecule has 0 amide bonds. The third-order valence-electron chi connectivity index (χ3n) is 6.02. The van der Waals surface area contributed by atoms with Crippen molar-refractivity contribution in [1.29, 1.82) is 0 Å². The number of fused-ring (bicyclic) bond motifs is 1. The van der Waals surface area contributed by atoms with Gasteiger partial charge in [-0.3, -0.25) is 5.32 Å². The number of aromatic carboxylic acids is 1. The van der Waals surface area contributed by atoms with Crippen LogP contribution in [0.5, 0.6) is 0 Å². The van der Waals surface area contributed by atoms with Gasteiger partial charge >= 0.3 is 5.97 Å². The second kappa shape index (κ2) is 9.83. The molecule has 2 aromatic carbocycles. The van der Waals surface area contributed by atoms with Crippen LogP contribution in [0.4, 0.5) is 0 Å². The second-order valence-electron chi connectivity index (χ2n) is 8.20. The summed E-state index contributed by atoms with van der Waals surface area (Å²) in [6, 6.07) is 14.7. The highest BCUT2D eigenvalue weighted by atomic mass is 35.5. The Labute approximate surface area is 186 Å². The molecule has 1 aromatic heterocycles. The van der Waals surface area contributed by atoms with Gasteiger partial charge in [-0.2, -0.15) is 0 Å². The quantitative estimate of drug-likeness (QED) is 0.329. The van der Waals surface area contributed by atoms with E-state index in [2.05, 4.69) is 15.6 Å². The molecule has 7 heteroatoms. The number of carbonyl (C=O) groups is 1. The van der Waals surface area contributed by atoms with E-state index in [1.807, 2.05) is 30.3 Å². The number of nitrogens with one attached hydrogen (secondary N) is 3. The highest BCUT2D eigenvalue weighted by Gasteiger charge is 2.31. The van der Waals surface area contributed by atoms with Crippen LogP contribution < -0.4 is 10.6 Å². The number of halogens is 1. The Hall–Kier alpha value is -2.38. The fraction of sp³-hybridized carbons (Fsp3) is 0.375. The highest BCUT2D eigenvalue weighted by Crippen LogP contribution is 2.32. The molecule has 164 valence electrons. The molecule has 0 radical (unpaired) electrons. The van der Waals surface area contributed by atoms with Gasteiger partial charge in [-0.25, -0.2) is 4.79 Å². The highest BCUT2D eigenvalue weighted by molar-refractivity contribution is 6.31. The molecule has 6 nitrogen and oxygen atoms in total. The average Bonchev–Trinajstić information content (AvgIpc) is 3.14. The summed E-state index contributed by atoms with van der Waals surface area (Å²) in [6.07, 6.45) is 4.57. The summed E-state index contributed by atoms with van der Waals surface area (Å²) in [5, 5.41) is 29.1. The Morgan fingerprint density at radius 2 is 1.87 bits per heavy atom. The van der Waals surface area contributed by atoms with Gasteiger partial charge in [0.05, 0.1) is 6.04 Å². The number of carboxylic acids is 1. The van der Waals surface area contributed by atoms with Gasteiger partial charge in [0.15, 0.2) is 0 Å². The molecule has 3 aromatic rings. The van der Waals surface area contributed by atoms with Crippen molar-refractivity contribution in [2.45, 2.75) is 57.0 Å². The minimum absolute atomic E-state index is 0.0623. The first kappa shape index (κ1) is 21.8. The van der Waals surface area contributed by atoms with Crippen molar-refractivity contribution in [2.75, 3.05) is 0 Å². The first-order valence-electron chi connectivity index (χ1n) is 10.8. The summed E-state index contributed by atoms with van der Waals surface area (Å²) in [4.78, 5) is 15.1. The van der Waals surface area contributed by atoms with Crippen LogP contribution in [0.1, 0.15) is 59.8 Å². The third kappa shape index (κ3) is 5.10. The van der Waals surface area contributed by atoms with Gasteiger partial charge in [-0.15, -0.1) is 0 Å². The summed E-state index contributed by atoms with van der Waals surface area (Å²) in [5.74, 6) is -1.07. The van der Waals surface area contributed by atoms with Crippen molar-refractivity contribution < 1.29 is 15.0 Å². The number of carboxylic acid groups (broad SMARTS) is 1. The van der Waals surface area contributed by atoms with E-state index in [4.69, 9.17) is 11.6 Å². The van der Waals surface area contributed by atoms with E-state index in [-0.39, 0.29) is 11.7 Å². The van der Waals surface area contributed by atoms with Crippen molar-refractivity contribution in [2.24, 2.45) is 0 Å². The van der Waals surface area contributed by atoms with Crippen molar-refractivity contribution in [3.05, 3.63) is 70.4 Å². The van der Waals surface area contributed by atoms with Gasteiger partial charge in [-0.1, -0.05) is 67.3 Å². The minimum atomic E-state index is -1.07. The lowest BCUT2D eigenvalue weighted by atomic mass is 9.94. The van der Waals surface area contributed by atoms with Gasteiger partial charge in [-0.05, 0) is 30.5 Å². The molecule has 1 fully saturated rings. The van der Waals surface area contributed by atoms with E-state index >= 15 is 0 Å². The first-order chi connectivity index (χ1) is 15.0. The molecule has 0 saturated heterocycles. The SMILES string of the molecule is O=C(O)c1[nH]c2cc(Cl)ccc2c1C(NCc1ccccc1)C(O)NC1CCCCC1. The number of hydrogen-bond acceptors (Lipinski definition) is 4. The Morgan fingerprint density at radius 1 is 1.13 bits per heavy atom. The molecular formula is C24H28ClN3O3. The second-order valence-corrected chi connectivity index (χ2v) is 8.64. The topological polar surface area (TPSA) is 97.4 Å². The predicted octanol–water partition coefficient (Wildman–Crippen LogP) is 4.59. The van der Waals surface area contributed by atoms with Gasteiger partial charge in [0.2, 0.25) is 0 Å². The minimum Gasteiger partial charge on any atom is -0.477 e. The largest absolute Gasteiger partial charge is 0.477 e. The van der Waals surface area contributed by atoms with Gasteiger partial charge in [0.25, 0.3) is 0 Å². The maximum absolute atomic E-state index is 12.1. The standard InChI is InChI=1S/C24H28ClN3O3/c25-16-11-12-18-19(13-16)28-22(24(30)31)20(18)21(26-14-15-7-3-1-4-8-15)23(29)27-17-9-5-2-6-10-17/h1,3-4,7-8,11-13,17,21,23,26-29H,2,5-6,9-10,14H2,(H,30,31). The Balaban J connectivity index is 1.70. The first-order valence-corrected chi connectivity index (χ1v) is 11.2. The Morgan fingerprint density at radius 3 is 2.58 bits per heavy atom. The lowest BCUT2D eigenvalue weighted by Gasteiger charge is -2.31. The van der Waals surface area contributed by atoms with Gasteiger partial charge < -0.3 is 20.5 Å². The molecular weight excluding hydrogens is 414 g/mol. The van der Waals surface area contributed by atoms with Crippen LogP contribution in [0.25, 0.3) is 10.9 Å². The molecule has 2 atom stereocenters. The van der Waals surface area contributed by atoms with Crippen LogP contribution in [-0.2, 0) is 6.54 Å². The molecule has 0 spiro atoms. The number of rotatable bonds is 8. The predicted molar refractivity (Wildman–Crippen MR) is 122 cm³/mol. The molecule has 0 bridgehead atoms. The summed E-state index contributed by atoms with van der Waals surface area (Å²) in [6.45, 7) is 0.494. The molecule has 1 heterocycles. The maximum Gasteiger partial charge on any atom is 0.352 e. The van der Waals surface area contributed by atoms with E-state index in [1.54, 1.807) is 18.2 Å². The van der Waals surface area contributed by atoms with E-state index in [0.29, 0.717) is 22.6 Å². The molecule has 2 unspecified atom stereocenters. The molecule has 1 aliphatic rings. The summed E-state index contributed by atoms with van der Waals surface area (Å²) in [5.41, 5.74) is 2.28. The zero-order valence-corrected chi connectivity index (χ0v) is 18.0. The number of aliphatic hydroxyl groups is 1. The molecule has 0 aliphatic heterocycles. The van der Waals surface area contributed by atoms with Crippen LogP contribution in [0.3, 0.4) is 0 Å². The maximum atomic E-state index is 12.1. The van der Waals surface area contributed by atoms with E-state index in [1.165, 1.54) is 6.42 Å². The monoisotopic (exact) mass is 441 g/mol. The molecule has 1 aliphatic carbocycles. The van der Waals surface area contributed by atoms with Crippen LogP contribution in [0.15, 0.2) is 48.5 Å². The van der Waals surface area contributed by atoms with Crippen molar-refractivity contribution >= 4 is 28.5 Å². The molecule has 1 saturated carbocycles. The fourth-order valence-corrected chi connectivity index (χ4v) is 4.66. The average molecular weight is 442 g/mol. The van der Waals surface area contributed by atoms with Gasteiger partial charge in [0, 0.05) is 34.1 Å². The number of aliphatic hydroxyl groups excluding tert-OH is 1. The zero-order chi connectivity index (χ0) is 21.8. The molecule has 31 heavy (non-hydrogen) atoms. The number of aromatic nitrogens is 1. The van der Waals surface area contributed by atoms with Crippen LogP contribution >= 0.6 is 11.6 Å². The number of H-pyrrole nitrogens is 1. The fourth-order valence-electron chi connectivity index (χ4n) is 4.49. The number of aromatic amines is 1. The summed E-state index contributed by atoms with van der Waals surface area (Å²) >= 11 is 6.13. The van der Waals surface area contributed by atoms with Gasteiger partial charge in [0.1, 0.15) is 11.9 Å². The van der Waals surface area contributed by atoms with Crippen LogP contribution in [0, 0.1) is 0 Å². The lowest BCUT2D eigenvalue weighted by molar-refractivity contribution is 0.0661. The summed E-state index contributed by atoms with van der Waals surface area (Å²) < 4.78 is 0. The third-order valence-corrected chi connectivity index (χ3v) is 6.26. The van der Waals surface area contributed by atoms with Crippen molar-refractivity contribution in [3.63, 3.8) is 0 Å². The lowest BCUT2D eigenvalue weighted by Crippen LogP contribution is -2.47. The van der Waals surface area contributed by atoms with Crippen molar-refractivity contribution in [1.82, 2.24) is 15.6 Å². The van der Waals surface area contributed by atoms with Crippen molar-refractivity contribution in [3.8, 4) is 0 Å². The Kier molecular flexibility index (Phi) is 6.92. The Bertz CT molecular complexity index is 1030. The van der Waals surface area contributed by atoms with E-state index < -0.39 is 18.2 Å². The number of hydrogen-bond donors (Lipinski definition) is 5. The smallest absolute Gasteiger partial charge is 0.352 e. The van der Waals surface area contributed by atoms with Crippen LogP contribution in [0.2, 0.25) is 5.02 Å². The van der Waals surface area contributed by atoms with E-state index in [9.17, 15) is 15.0 Å². The zero-order valence-electron chi connectivity index (χ0n) is 17.3. The van der Waals surface area contributed by atoms with Crippen LogP contribution in [-0.4, -0.2) is 33.4 Å². The molecule has 5 N–H and O–H groups in total. The van der Waals surface area contributed by atoms with E-state index in [0.717, 1.165) is 36.6 Å². The molecule has 4 rings (SSSR count). The number of benzene rings is 2. The normalized spacial score (nSPS) is 17.0.